The number of aromatic nitrogens is 4. The van der Waals surface area contributed by atoms with E-state index in [2.05, 4.69) is 15.1 Å². The zero-order chi connectivity index (χ0) is 19.8. The smallest absolute Gasteiger partial charge is 0.294 e. The SMILES string of the molecule is COc1cc(OCc2ccccc2)c2nc(-c3cn4nc(OC)sc4n3)oc2c1. The summed E-state index contributed by atoms with van der Waals surface area (Å²) in [6, 6.07) is 13.5. The lowest BCUT2D eigenvalue weighted by molar-refractivity contribution is 0.307. The summed E-state index contributed by atoms with van der Waals surface area (Å²) in [4.78, 5) is 9.83. The average molecular weight is 408 g/mol. The Morgan fingerprint density at radius 3 is 2.69 bits per heavy atom. The van der Waals surface area contributed by atoms with E-state index >= 15 is 0 Å². The molecule has 0 aliphatic rings. The van der Waals surface area contributed by atoms with Crippen molar-refractivity contribution in [3.05, 3.63) is 54.2 Å². The van der Waals surface area contributed by atoms with E-state index in [9.17, 15) is 0 Å². The third kappa shape index (κ3) is 3.25. The van der Waals surface area contributed by atoms with Gasteiger partial charge >= 0.3 is 0 Å². The number of hydrogen-bond donors (Lipinski definition) is 0. The highest BCUT2D eigenvalue weighted by Gasteiger charge is 2.18. The van der Waals surface area contributed by atoms with E-state index in [1.54, 1.807) is 37.1 Å². The molecule has 0 bridgehead atoms. The molecule has 29 heavy (non-hydrogen) atoms. The summed E-state index contributed by atoms with van der Waals surface area (Å²) in [5.41, 5.74) is 2.81. The van der Waals surface area contributed by atoms with Crippen LogP contribution in [0.25, 0.3) is 27.6 Å². The summed E-state index contributed by atoms with van der Waals surface area (Å²) in [5, 5.41) is 4.82. The van der Waals surface area contributed by atoms with E-state index in [4.69, 9.17) is 18.6 Å². The lowest BCUT2D eigenvalue weighted by atomic mass is 10.2. The van der Waals surface area contributed by atoms with Crippen LogP contribution in [0.15, 0.2) is 53.1 Å². The third-order valence-electron chi connectivity index (χ3n) is 4.32. The van der Waals surface area contributed by atoms with Gasteiger partial charge in [0.05, 0.1) is 20.4 Å². The Bertz CT molecular complexity index is 1260. The molecule has 0 radical (unpaired) electrons. The van der Waals surface area contributed by atoms with E-state index in [1.807, 2.05) is 30.3 Å². The van der Waals surface area contributed by atoms with Gasteiger partial charge in [-0.25, -0.2) is 14.5 Å². The first kappa shape index (κ1) is 17.5. The summed E-state index contributed by atoms with van der Waals surface area (Å²) in [7, 11) is 3.17. The van der Waals surface area contributed by atoms with Crippen LogP contribution in [-0.4, -0.2) is 33.8 Å². The number of nitrogens with zero attached hydrogens (tertiary/aromatic N) is 4. The zero-order valence-electron chi connectivity index (χ0n) is 15.7. The summed E-state index contributed by atoms with van der Waals surface area (Å²) in [6.45, 7) is 0.412. The largest absolute Gasteiger partial charge is 0.496 e. The fourth-order valence-electron chi connectivity index (χ4n) is 2.91. The van der Waals surface area contributed by atoms with Crippen LogP contribution in [-0.2, 0) is 6.61 Å². The normalized spacial score (nSPS) is 11.2. The molecule has 0 unspecified atom stereocenters. The number of ether oxygens (including phenoxy) is 3. The van der Waals surface area contributed by atoms with Gasteiger partial charge in [-0.2, -0.15) is 0 Å². The predicted molar refractivity (Wildman–Crippen MR) is 108 cm³/mol. The fraction of sp³-hybridized carbons (Fsp3) is 0.150. The molecule has 0 amide bonds. The minimum Gasteiger partial charge on any atom is -0.496 e. The second kappa shape index (κ2) is 7.10. The van der Waals surface area contributed by atoms with E-state index in [0.29, 0.717) is 50.9 Å². The Labute approximate surface area is 169 Å². The van der Waals surface area contributed by atoms with Gasteiger partial charge in [-0.05, 0) is 16.9 Å². The number of methoxy groups -OCH3 is 2. The van der Waals surface area contributed by atoms with Crippen LogP contribution in [0.2, 0.25) is 0 Å². The molecule has 5 rings (SSSR count). The lowest BCUT2D eigenvalue weighted by Gasteiger charge is -2.08. The molecule has 8 nitrogen and oxygen atoms in total. The topological polar surface area (TPSA) is 83.9 Å². The fourth-order valence-corrected chi connectivity index (χ4v) is 3.61. The second-order valence-electron chi connectivity index (χ2n) is 6.19. The minimum atomic E-state index is 0.384. The molecule has 0 saturated heterocycles. The monoisotopic (exact) mass is 408 g/mol. The molecule has 0 fully saturated rings. The minimum absolute atomic E-state index is 0.384. The van der Waals surface area contributed by atoms with Crippen LogP contribution in [0.3, 0.4) is 0 Å². The van der Waals surface area contributed by atoms with Crippen LogP contribution >= 0.6 is 11.3 Å². The van der Waals surface area contributed by atoms with Crippen molar-refractivity contribution in [2.24, 2.45) is 0 Å². The molecular formula is C20H16N4O4S. The Kier molecular flexibility index (Phi) is 4.28. The van der Waals surface area contributed by atoms with Gasteiger partial charge in [-0.15, -0.1) is 5.10 Å². The standard InChI is InChI=1S/C20H16N4O4S/c1-25-13-8-15(27-11-12-6-4-3-5-7-12)17-16(9-13)28-18(22-17)14-10-24-19(21-14)29-20(23-24)26-2/h3-10H,11H2,1-2H3. The number of rotatable bonds is 6. The van der Waals surface area contributed by atoms with Crippen LogP contribution < -0.4 is 14.2 Å². The molecule has 0 aliphatic heterocycles. The molecule has 0 N–H and O–H groups in total. The van der Waals surface area contributed by atoms with Gasteiger partial charge in [0, 0.05) is 12.1 Å². The molecule has 0 spiro atoms. The molecule has 3 heterocycles. The lowest BCUT2D eigenvalue weighted by Crippen LogP contribution is -1.96. The van der Waals surface area contributed by atoms with Crippen molar-refractivity contribution in [1.29, 1.82) is 0 Å². The quantitative estimate of drug-likeness (QED) is 0.416. The van der Waals surface area contributed by atoms with Crippen LogP contribution in [0, 0.1) is 0 Å². The average Bonchev–Trinajstić information content (AvgIpc) is 3.44. The van der Waals surface area contributed by atoms with Crippen LogP contribution in [0.1, 0.15) is 5.56 Å². The number of imidazole rings is 1. The van der Waals surface area contributed by atoms with Crippen molar-refractivity contribution in [2.45, 2.75) is 6.61 Å². The Morgan fingerprint density at radius 2 is 1.93 bits per heavy atom. The molecule has 146 valence electrons. The van der Waals surface area contributed by atoms with Crippen LogP contribution in [0.4, 0.5) is 0 Å². The highest BCUT2D eigenvalue weighted by Crippen LogP contribution is 2.35. The van der Waals surface area contributed by atoms with E-state index < -0.39 is 0 Å². The molecule has 9 heteroatoms. The van der Waals surface area contributed by atoms with Crippen molar-refractivity contribution in [3.8, 4) is 28.3 Å². The zero-order valence-corrected chi connectivity index (χ0v) is 16.5. The van der Waals surface area contributed by atoms with Crippen molar-refractivity contribution >= 4 is 27.4 Å². The van der Waals surface area contributed by atoms with Gasteiger partial charge in [-0.3, -0.25) is 0 Å². The summed E-state index contributed by atoms with van der Waals surface area (Å²) >= 11 is 1.34. The Balaban J connectivity index is 1.52. The molecule has 0 atom stereocenters. The first-order valence-corrected chi connectivity index (χ1v) is 9.61. The van der Waals surface area contributed by atoms with Gasteiger partial charge in [0.1, 0.15) is 18.1 Å². The maximum absolute atomic E-state index is 6.02. The van der Waals surface area contributed by atoms with E-state index in [0.717, 1.165) is 5.56 Å². The maximum atomic E-state index is 6.02. The Morgan fingerprint density at radius 1 is 1.07 bits per heavy atom. The molecule has 5 aromatic rings. The van der Waals surface area contributed by atoms with Crippen molar-refractivity contribution in [2.75, 3.05) is 14.2 Å². The van der Waals surface area contributed by atoms with Crippen LogP contribution in [0.5, 0.6) is 16.7 Å². The van der Waals surface area contributed by atoms with Crippen molar-refractivity contribution in [3.63, 3.8) is 0 Å². The first-order valence-electron chi connectivity index (χ1n) is 8.79. The van der Waals surface area contributed by atoms with Gasteiger partial charge in [0.15, 0.2) is 16.8 Å². The van der Waals surface area contributed by atoms with Crippen molar-refractivity contribution < 1.29 is 18.6 Å². The summed E-state index contributed by atoms with van der Waals surface area (Å²) in [5.74, 6) is 1.59. The second-order valence-corrected chi connectivity index (χ2v) is 7.11. The molecular weight excluding hydrogens is 392 g/mol. The maximum Gasteiger partial charge on any atom is 0.294 e. The van der Waals surface area contributed by atoms with Gasteiger partial charge in [-0.1, -0.05) is 30.3 Å². The highest BCUT2D eigenvalue weighted by molar-refractivity contribution is 7.18. The van der Waals surface area contributed by atoms with Crippen molar-refractivity contribution in [1.82, 2.24) is 19.6 Å². The highest BCUT2D eigenvalue weighted by atomic mass is 32.1. The molecule has 2 aromatic carbocycles. The van der Waals surface area contributed by atoms with Gasteiger partial charge in [0.25, 0.3) is 5.19 Å². The predicted octanol–water partition coefficient (Wildman–Crippen LogP) is 4.20. The van der Waals surface area contributed by atoms with Gasteiger partial charge in [0.2, 0.25) is 10.9 Å². The van der Waals surface area contributed by atoms with E-state index in [-0.39, 0.29) is 0 Å². The third-order valence-corrected chi connectivity index (χ3v) is 5.21. The number of hydrogen-bond acceptors (Lipinski definition) is 8. The molecule has 0 saturated carbocycles. The first-order chi connectivity index (χ1) is 14.2. The number of benzene rings is 2. The Hall–Kier alpha value is -3.59. The number of oxazole rings is 1. The molecule has 0 aliphatic carbocycles. The van der Waals surface area contributed by atoms with Gasteiger partial charge < -0.3 is 18.6 Å². The summed E-state index contributed by atoms with van der Waals surface area (Å²) in [6.07, 6.45) is 1.75. The van der Waals surface area contributed by atoms with E-state index in [1.165, 1.54) is 11.3 Å². The summed E-state index contributed by atoms with van der Waals surface area (Å²) < 4.78 is 24.1. The number of fused-ring (bicyclic) bond motifs is 2. The molecule has 3 aromatic heterocycles.